The molecule has 70 valence electrons. The number of hydrogen-bond acceptors (Lipinski definition) is 3. The monoisotopic (exact) mass is 171 g/mol. The smallest absolute Gasteiger partial charge is 0.154 e. The van der Waals surface area contributed by atoms with E-state index in [1.54, 1.807) is 6.92 Å². The predicted molar refractivity (Wildman–Crippen MR) is 48.7 cm³/mol. The molecule has 0 aliphatic heterocycles. The van der Waals surface area contributed by atoms with Gasteiger partial charge in [0.25, 0.3) is 0 Å². The zero-order valence-corrected chi connectivity index (χ0v) is 8.14. The molecule has 0 aromatic carbocycles. The second-order valence-corrected chi connectivity index (χ2v) is 3.60. The Morgan fingerprint density at radius 3 is 2.33 bits per heavy atom. The van der Waals surface area contributed by atoms with Crippen molar-refractivity contribution in [1.29, 1.82) is 0 Å². The lowest BCUT2D eigenvalue weighted by molar-refractivity contribution is -0.112. The highest BCUT2D eigenvalue weighted by atomic mass is 16.3. The molecular formula is C9H17NO2. The summed E-state index contributed by atoms with van der Waals surface area (Å²) >= 11 is 0. The summed E-state index contributed by atoms with van der Waals surface area (Å²) in [6.07, 6.45) is 1.51. The van der Waals surface area contributed by atoms with Gasteiger partial charge >= 0.3 is 0 Å². The second-order valence-electron chi connectivity index (χ2n) is 3.60. The second kappa shape index (κ2) is 4.26. The fourth-order valence-corrected chi connectivity index (χ4v) is 0.914. The van der Waals surface area contributed by atoms with Crippen LogP contribution in [0.4, 0.5) is 0 Å². The van der Waals surface area contributed by atoms with Gasteiger partial charge in [0.05, 0.1) is 12.1 Å². The van der Waals surface area contributed by atoms with Crippen LogP contribution in [0.25, 0.3) is 0 Å². The zero-order chi connectivity index (χ0) is 9.78. The summed E-state index contributed by atoms with van der Waals surface area (Å²) in [5.74, 6) is 0.00809. The van der Waals surface area contributed by atoms with Gasteiger partial charge in [0, 0.05) is 5.70 Å². The quantitative estimate of drug-likeness (QED) is 0.616. The van der Waals surface area contributed by atoms with Gasteiger partial charge in [-0.1, -0.05) is 0 Å². The largest absolute Gasteiger partial charge is 0.394 e. The van der Waals surface area contributed by atoms with Crippen LogP contribution in [0.3, 0.4) is 0 Å². The van der Waals surface area contributed by atoms with Gasteiger partial charge in [-0.2, -0.15) is 0 Å². The van der Waals surface area contributed by atoms with Crippen molar-refractivity contribution in [1.82, 2.24) is 5.32 Å². The van der Waals surface area contributed by atoms with Crippen LogP contribution < -0.4 is 5.32 Å². The summed E-state index contributed by atoms with van der Waals surface area (Å²) in [7, 11) is 0. The summed E-state index contributed by atoms with van der Waals surface area (Å²) < 4.78 is 0. The van der Waals surface area contributed by atoms with Crippen molar-refractivity contribution < 1.29 is 9.90 Å². The first-order valence-corrected chi connectivity index (χ1v) is 3.95. The summed E-state index contributed by atoms with van der Waals surface area (Å²) in [6, 6.07) is 0. The van der Waals surface area contributed by atoms with Crippen LogP contribution in [0.2, 0.25) is 0 Å². The fraction of sp³-hybridized carbons (Fsp3) is 0.667. The van der Waals surface area contributed by atoms with Gasteiger partial charge in [0.1, 0.15) is 0 Å². The van der Waals surface area contributed by atoms with E-state index < -0.39 is 0 Å². The normalized spacial score (nSPS) is 12.9. The van der Waals surface area contributed by atoms with Crippen molar-refractivity contribution in [2.24, 2.45) is 0 Å². The molecule has 12 heavy (non-hydrogen) atoms. The SMILES string of the molecule is CC(=O)/C=C(/C)NC(C)(C)CO. The van der Waals surface area contributed by atoms with Crippen molar-refractivity contribution in [2.45, 2.75) is 33.2 Å². The number of hydrogen-bond donors (Lipinski definition) is 2. The first kappa shape index (κ1) is 11.2. The van der Waals surface area contributed by atoms with Gasteiger partial charge < -0.3 is 10.4 Å². The molecule has 0 aromatic heterocycles. The van der Waals surface area contributed by atoms with E-state index in [1.807, 2.05) is 13.8 Å². The molecule has 0 unspecified atom stereocenters. The summed E-state index contributed by atoms with van der Waals surface area (Å²) in [6.45, 7) is 7.07. The van der Waals surface area contributed by atoms with E-state index in [0.717, 1.165) is 5.70 Å². The molecule has 0 atom stereocenters. The molecular weight excluding hydrogens is 154 g/mol. The molecule has 0 radical (unpaired) electrons. The molecule has 2 N–H and O–H groups in total. The van der Waals surface area contributed by atoms with Crippen LogP contribution in [-0.4, -0.2) is 23.0 Å². The molecule has 0 amide bonds. The number of nitrogens with one attached hydrogen (secondary N) is 1. The van der Waals surface area contributed by atoms with E-state index >= 15 is 0 Å². The molecule has 0 aliphatic carbocycles. The van der Waals surface area contributed by atoms with E-state index in [-0.39, 0.29) is 17.9 Å². The van der Waals surface area contributed by atoms with Gasteiger partial charge in [-0.3, -0.25) is 4.79 Å². The van der Waals surface area contributed by atoms with Crippen LogP contribution in [-0.2, 0) is 4.79 Å². The number of allylic oxidation sites excluding steroid dienone is 2. The highest BCUT2D eigenvalue weighted by Crippen LogP contribution is 2.03. The number of carbonyl (C=O) groups is 1. The lowest BCUT2D eigenvalue weighted by atomic mass is 10.1. The van der Waals surface area contributed by atoms with Crippen LogP contribution in [0.15, 0.2) is 11.8 Å². The Bertz CT molecular complexity index is 195. The van der Waals surface area contributed by atoms with Gasteiger partial charge in [0.2, 0.25) is 0 Å². The Morgan fingerprint density at radius 2 is 2.00 bits per heavy atom. The lowest BCUT2D eigenvalue weighted by Gasteiger charge is -2.25. The van der Waals surface area contributed by atoms with Crippen LogP contribution >= 0.6 is 0 Å². The van der Waals surface area contributed by atoms with Crippen molar-refractivity contribution >= 4 is 5.78 Å². The number of ketones is 1. The average Bonchev–Trinajstić information content (AvgIpc) is 1.84. The van der Waals surface area contributed by atoms with Crippen molar-refractivity contribution in [3.63, 3.8) is 0 Å². The summed E-state index contributed by atoms with van der Waals surface area (Å²) in [5, 5.41) is 11.9. The Kier molecular flexibility index (Phi) is 3.96. The Balaban J connectivity index is 4.17. The molecule has 0 spiro atoms. The summed E-state index contributed by atoms with van der Waals surface area (Å²) in [5.41, 5.74) is 0.414. The molecule has 0 heterocycles. The van der Waals surface area contributed by atoms with Crippen LogP contribution in [0.5, 0.6) is 0 Å². The minimum Gasteiger partial charge on any atom is -0.394 e. The maximum absolute atomic E-state index is 10.6. The van der Waals surface area contributed by atoms with E-state index in [2.05, 4.69) is 5.32 Å². The third-order valence-corrected chi connectivity index (χ3v) is 1.35. The first-order chi connectivity index (χ1) is 5.37. The third kappa shape index (κ3) is 4.91. The Labute approximate surface area is 73.5 Å². The van der Waals surface area contributed by atoms with E-state index in [0.29, 0.717) is 0 Å². The minimum absolute atomic E-state index is 0.00809. The topological polar surface area (TPSA) is 49.3 Å². The highest BCUT2D eigenvalue weighted by molar-refractivity contribution is 5.87. The fourth-order valence-electron chi connectivity index (χ4n) is 0.914. The molecule has 0 rings (SSSR count). The molecule has 3 nitrogen and oxygen atoms in total. The zero-order valence-electron chi connectivity index (χ0n) is 8.14. The minimum atomic E-state index is -0.365. The standard InChI is InChI=1S/C9H17NO2/c1-7(5-8(2)12)10-9(3,4)6-11/h5,10-11H,6H2,1-4H3/b7-5-. The van der Waals surface area contributed by atoms with Gasteiger partial charge in [0.15, 0.2) is 5.78 Å². The van der Waals surface area contributed by atoms with Crippen molar-refractivity contribution in [3.05, 3.63) is 11.8 Å². The highest BCUT2D eigenvalue weighted by Gasteiger charge is 2.14. The molecule has 0 fully saturated rings. The maximum atomic E-state index is 10.6. The average molecular weight is 171 g/mol. The van der Waals surface area contributed by atoms with Gasteiger partial charge in [-0.15, -0.1) is 0 Å². The molecule has 0 saturated heterocycles. The van der Waals surface area contributed by atoms with E-state index in [4.69, 9.17) is 5.11 Å². The number of rotatable bonds is 4. The van der Waals surface area contributed by atoms with Crippen LogP contribution in [0, 0.1) is 0 Å². The lowest BCUT2D eigenvalue weighted by Crippen LogP contribution is -2.41. The number of carbonyl (C=O) groups excluding carboxylic acids is 1. The van der Waals surface area contributed by atoms with Crippen molar-refractivity contribution in [3.8, 4) is 0 Å². The van der Waals surface area contributed by atoms with Crippen molar-refractivity contribution in [2.75, 3.05) is 6.61 Å². The summed E-state index contributed by atoms with van der Waals surface area (Å²) in [4.78, 5) is 10.6. The number of aliphatic hydroxyl groups excluding tert-OH is 1. The van der Waals surface area contributed by atoms with Gasteiger partial charge in [-0.25, -0.2) is 0 Å². The molecule has 0 aromatic rings. The van der Waals surface area contributed by atoms with E-state index in [9.17, 15) is 4.79 Å². The first-order valence-electron chi connectivity index (χ1n) is 3.95. The van der Waals surface area contributed by atoms with E-state index in [1.165, 1.54) is 13.0 Å². The molecule has 0 bridgehead atoms. The Morgan fingerprint density at radius 1 is 1.50 bits per heavy atom. The van der Waals surface area contributed by atoms with Gasteiger partial charge in [-0.05, 0) is 33.8 Å². The van der Waals surface area contributed by atoms with Crippen LogP contribution in [0.1, 0.15) is 27.7 Å². The molecule has 3 heteroatoms. The maximum Gasteiger partial charge on any atom is 0.154 e. The Hall–Kier alpha value is -0.830. The molecule has 0 saturated carbocycles. The number of aliphatic hydroxyl groups is 1. The predicted octanol–water partition coefficient (Wildman–Crippen LogP) is 0.840. The third-order valence-electron chi connectivity index (χ3n) is 1.35. The molecule has 0 aliphatic rings.